The third-order valence-corrected chi connectivity index (χ3v) is 8.22. The molecule has 2 aromatic rings. The van der Waals surface area contributed by atoms with Gasteiger partial charge in [-0.2, -0.15) is 0 Å². The Labute approximate surface area is 191 Å². The summed E-state index contributed by atoms with van der Waals surface area (Å²) in [6.07, 6.45) is 7.95. The number of aromatic nitrogens is 1. The molecule has 0 spiro atoms. The average Bonchev–Trinajstić information content (AvgIpc) is 3.16. The van der Waals surface area contributed by atoms with E-state index in [1.54, 1.807) is 17.4 Å². The molecule has 0 radical (unpaired) electrons. The van der Waals surface area contributed by atoms with Gasteiger partial charge in [-0.25, -0.2) is 18.1 Å². The van der Waals surface area contributed by atoms with Crippen LogP contribution in [-0.2, 0) is 10.0 Å². The van der Waals surface area contributed by atoms with Crippen molar-refractivity contribution < 1.29 is 13.2 Å². The van der Waals surface area contributed by atoms with Crippen LogP contribution in [0.2, 0.25) is 0 Å². The van der Waals surface area contributed by atoms with Gasteiger partial charge in [0.05, 0.1) is 14.8 Å². The molecule has 0 amide bonds. The molecule has 1 aliphatic carbocycles. The molecule has 31 heavy (non-hydrogen) atoms. The van der Waals surface area contributed by atoms with Gasteiger partial charge in [-0.05, 0) is 59.8 Å². The number of ether oxygens (including phenoxy) is 1. The standard InChI is InChI=1S/C23H35N3O3S2/c1-23(2,3)25-31(27,28)21-15-18(29-14-13-26(4)5)11-12-19(21)20-16-24-22(30-20)17-9-7-6-8-10-17/h11-12,15-17,25H,6-10,13-14H2,1-5H3. The van der Waals surface area contributed by atoms with Crippen LogP contribution in [0.4, 0.5) is 0 Å². The largest absolute Gasteiger partial charge is 0.492 e. The van der Waals surface area contributed by atoms with E-state index in [1.807, 2.05) is 58.1 Å². The first kappa shape index (κ1) is 24.2. The maximum absolute atomic E-state index is 13.3. The molecule has 172 valence electrons. The predicted octanol–water partition coefficient (Wildman–Crippen LogP) is 4.88. The lowest BCUT2D eigenvalue weighted by Gasteiger charge is -2.22. The Bertz CT molecular complexity index is 972. The van der Waals surface area contributed by atoms with Crippen LogP contribution in [0.5, 0.6) is 5.75 Å². The molecule has 3 rings (SSSR count). The van der Waals surface area contributed by atoms with Crippen LogP contribution in [0.25, 0.3) is 10.4 Å². The Morgan fingerprint density at radius 2 is 1.90 bits per heavy atom. The zero-order chi connectivity index (χ0) is 22.6. The summed E-state index contributed by atoms with van der Waals surface area (Å²) in [5.41, 5.74) is 0.0926. The summed E-state index contributed by atoms with van der Waals surface area (Å²) in [6.45, 7) is 6.77. The lowest BCUT2D eigenvalue weighted by molar-refractivity contribution is 0.261. The predicted molar refractivity (Wildman–Crippen MR) is 127 cm³/mol. The second kappa shape index (κ2) is 9.98. The van der Waals surface area contributed by atoms with E-state index in [0.29, 0.717) is 23.8 Å². The summed E-state index contributed by atoms with van der Waals surface area (Å²) in [4.78, 5) is 7.82. The maximum Gasteiger partial charge on any atom is 0.241 e. The van der Waals surface area contributed by atoms with Crippen molar-refractivity contribution in [2.75, 3.05) is 27.2 Å². The minimum atomic E-state index is -3.74. The highest BCUT2D eigenvalue weighted by Crippen LogP contribution is 2.40. The highest BCUT2D eigenvalue weighted by atomic mass is 32.2. The van der Waals surface area contributed by atoms with Crippen molar-refractivity contribution in [3.05, 3.63) is 29.4 Å². The molecule has 1 aliphatic rings. The SMILES string of the molecule is CN(C)CCOc1ccc(-c2cnc(C3CCCCC3)s2)c(S(=O)(=O)NC(C)(C)C)c1. The Kier molecular flexibility index (Phi) is 7.78. The zero-order valence-electron chi connectivity index (χ0n) is 19.3. The summed E-state index contributed by atoms with van der Waals surface area (Å²) in [5.74, 6) is 1.05. The van der Waals surface area contributed by atoms with E-state index in [-0.39, 0.29) is 4.90 Å². The third-order valence-electron chi connectivity index (χ3n) is 5.23. The molecule has 1 heterocycles. The third kappa shape index (κ3) is 6.75. The molecule has 0 bridgehead atoms. The summed E-state index contributed by atoms with van der Waals surface area (Å²) in [6, 6.07) is 5.33. The fraction of sp³-hybridized carbons (Fsp3) is 0.609. The molecule has 6 nitrogen and oxygen atoms in total. The van der Waals surface area contributed by atoms with Crippen molar-refractivity contribution in [3.63, 3.8) is 0 Å². The van der Waals surface area contributed by atoms with Gasteiger partial charge in [-0.15, -0.1) is 11.3 Å². The Morgan fingerprint density at radius 1 is 1.19 bits per heavy atom. The van der Waals surface area contributed by atoms with Crippen LogP contribution >= 0.6 is 11.3 Å². The summed E-state index contributed by atoms with van der Waals surface area (Å²) in [7, 11) is 0.213. The Morgan fingerprint density at radius 3 is 2.55 bits per heavy atom. The number of hydrogen-bond donors (Lipinski definition) is 1. The van der Waals surface area contributed by atoms with Gasteiger partial charge in [0.2, 0.25) is 10.0 Å². The van der Waals surface area contributed by atoms with Crippen LogP contribution in [0.15, 0.2) is 29.3 Å². The fourth-order valence-corrected chi connectivity index (χ4v) is 6.62. The van der Waals surface area contributed by atoms with E-state index in [2.05, 4.69) is 9.71 Å². The second-order valence-electron chi connectivity index (χ2n) is 9.56. The van der Waals surface area contributed by atoms with E-state index in [4.69, 9.17) is 4.74 Å². The number of rotatable bonds is 8. The van der Waals surface area contributed by atoms with Crippen molar-refractivity contribution >= 4 is 21.4 Å². The number of nitrogens with zero attached hydrogens (tertiary/aromatic N) is 2. The van der Waals surface area contributed by atoms with Crippen LogP contribution < -0.4 is 9.46 Å². The second-order valence-corrected chi connectivity index (χ2v) is 12.3. The first-order chi connectivity index (χ1) is 14.5. The topological polar surface area (TPSA) is 71.5 Å². The number of benzene rings is 1. The molecular weight excluding hydrogens is 430 g/mol. The molecular formula is C23H35N3O3S2. The number of nitrogens with one attached hydrogen (secondary N) is 1. The van der Waals surface area contributed by atoms with E-state index in [9.17, 15) is 8.42 Å². The minimum absolute atomic E-state index is 0.239. The van der Waals surface area contributed by atoms with Gasteiger partial charge in [0.15, 0.2) is 0 Å². The van der Waals surface area contributed by atoms with Crippen molar-refractivity contribution in [1.29, 1.82) is 0 Å². The van der Waals surface area contributed by atoms with E-state index >= 15 is 0 Å². The van der Waals surface area contributed by atoms with Gasteiger partial charge in [0.25, 0.3) is 0 Å². The Balaban J connectivity index is 1.96. The quantitative estimate of drug-likeness (QED) is 0.602. The van der Waals surface area contributed by atoms with Gasteiger partial charge in [0.1, 0.15) is 12.4 Å². The number of sulfonamides is 1. The minimum Gasteiger partial charge on any atom is -0.492 e. The molecule has 1 fully saturated rings. The fourth-order valence-electron chi connectivity index (χ4n) is 3.77. The van der Waals surface area contributed by atoms with Crippen LogP contribution in [0, 0.1) is 0 Å². The highest BCUT2D eigenvalue weighted by molar-refractivity contribution is 7.89. The van der Waals surface area contributed by atoms with Crippen molar-refractivity contribution in [2.45, 2.75) is 69.2 Å². The normalized spacial score (nSPS) is 16.1. The van der Waals surface area contributed by atoms with E-state index in [1.165, 1.54) is 32.1 Å². The first-order valence-electron chi connectivity index (χ1n) is 11.0. The van der Waals surface area contributed by atoms with Crippen LogP contribution in [0.1, 0.15) is 63.8 Å². The molecule has 1 saturated carbocycles. The first-order valence-corrected chi connectivity index (χ1v) is 13.3. The zero-order valence-corrected chi connectivity index (χ0v) is 20.9. The lowest BCUT2D eigenvalue weighted by atomic mass is 9.90. The van der Waals surface area contributed by atoms with Crippen LogP contribution in [0.3, 0.4) is 0 Å². The highest BCUT2D eigenvalue weighted by Gasteiger charge is 2.27. The van der Waals surface area contributed by atoms with Gasteiger partial charge in [0, 0.05) is 35.8 Å². The van der Waals surface area contributed by atoms with Crippen LogP contribution in [-0.4, -0.2) is 51.1 Å². The Hall–Kier alpha value is -1.48. The van der Waals surface area contributed by atoms with Crippen molar-refractivity contribution in [1.82, 2.24) is 14.6 Å². The monoisotopic (exact) mass is 465 g/mol. The summed E-state index contributed by atoms with van der Waals surface area (Å²) in [5, 5.41) is 1.12. The molecule has 0 aliphatic heterocycles. The molecule has 8 heteroatoms. The molecule has 1 N–H and O–H groups in total. The summed E-state index contributed by atoms with van der Waals surface area (Å²) >= 11 is 1.62. The maximum atomic E-state index is 13.3. The lowest BCUT2D eigenvalue weighted by Crippen LogP contribution is -2.40. The molecule has 1 aromatic carbocycles. The smallest absolute Gasteiger partial charge is 0.241 e. The van der Waals surface area contributed by atoms with E-state index < -0.39 is 15.6 Å². The van der Waals surface area contributed by atoms with Gasteiger partial charge >= 0.3 is 0 Å². The number of hydrogen-bond acceptors (Lipinski definition) is 6. The molecule has 1 aromatic heterocycles. The molecule has 0 saturated heterocycles. The number of likely N-dealkylation sites (N-methyl/N-ethyl adjacent to an activating group) is 1. The van der Waals surface area contributed by atoms with Crippen molar-refractivity contribution in [2.24, 2.45) is 0 Å². The summed E-state index contributed by atoms with van der Waals surface area (Å²) < 4.78 is 35.2. The molecule has 0 atom stereocenters. The van der Waals surface area contributed by atoms with Crippen molar-refractivity contribution in [3.8, 4) is 16.2 Å². The molecule has 0 unspecified atom stereocenters. The van der Waals surface area contributed by atoms with Gasteiger partial charge in [-0.1, -0.05) is 19.3 Å². The van der Waals surface area contributed by atoms with E-state index in [0.717, 1.165) is 16.4 Å². The average molecular weight is 466 g/mol. The van der Waals surface area contributed by atoms with Gasteiger partial charge in [-0.3, -0.25) is 0 Å². The van der Waals surface area contributed by atoms with Gasteiger partial charge < -0.3 is 9.64 Å². The number of thiazole rings is 1.